The fourth-order valence-electron chi connectivity index (χ4n) is 3.75. The Balaban J connectivity index is 1.83. The fourth-order valence-corrected chi connectivity index (χ4v) is 5.50. The lowest BCUT2D eigenvalue weighted by Crippen LogP contribution is -2.69. The van der Waals surface area contributed by atoms with Crippen LogP contribution in [0, 0.1) is 19.8 Å². The second-order valence-corrected chi connectivity index (χ2v) is 9.78. The second kappa shape index (κ2) is 7.24. The zero-order valence-electron chi connectivity index (χ0n) is 16.2. The topological polar surface area (TPSA) is 86.8 Å². The van der Waals surface area contributed by atoms with Gasteiger partial charge in [0.2, 0.25) is 21.8 Å². The Labute approximate surface area is 160 Å². The highest BCUT2D eigenvalue weighted by Gasteiger charge is 2.45. The molecule has 2 amide bonds. The molecule has 0 spiro atoms. The molecule has 0 saturated carbocycles. The third-order valence-electron chi connectivity index (χ3n) is 5.21. The van der Waals surface area contributed by atoms with E-state index in [0.717, 1.165) is 5.56 Å². The number of carbonyl (C=O) groups excluding carboxylic acids is 2. The van der Waals surface area contributed by atoms with Gasteiger partial charge < -0.3 is 10.2 Å². The van der Waals surface area contributed by atoms with E-state index in [1.165, 1.54) is 4.31 Å². The summed E-state index contributed by atoms with van der Waals surface area (Å²) in [5.74, 6) is -0.111. The fraction of sp³-hybridized carbons (Fsp3) is 0.579. The van der Waals surface area contributed by atoms with Crippen molar-refractivity contribution in [2.45, 2.75) is 51.1 Å². The molecule has 1 N–H and O–H groups in total. The van der Waals surface area contributed by atoms with E-state index in [9.17, 15) is 18.0 Å². The molecule has 8 heteroatoms. The van der Waals surface area contributed by atoms with E-state index in [2.05, 4.69) is 5.32 Å². The van der Waals surface area contributed by atoms with Gasteiger partial charge in [0.05, 0.1) is 4.90 Å². The SMILES string of the molecule is Cc1ccc(C)c(S(=O)(=O)N2CCN3C(=O)[C@@H](CC(C)C)NC(=O)[C@H]3C2)c1. The van der Waals surface area contributed by atoms with Crippen molar-refractivity contribution in [3.05, 3.63) is 29.3 Å². The summed E-state index contributed by atoms with van der Waals surface area (Å²) in [6, 6.07) is 4.02. The molecule has 27 heavy (non-hydrogen) atoms. The first-order chi connectivity index (χ1) is 12.6. The van der Waals surface area contributed by atoms with Crippen LogP contribution < -0.4 is 5.32 Å². The van der Waals surface area contributed by atoms with Crippen LogP contribution in [0.15, 0.2) is 23.1 Å². The van der Waals surface area contributed by atoms with Gasteiger partial charge in [0.25, 0.3) is 0 Å². The van der Waals surface area contributed by atoms with Crippen molar-refractivity contribution in [2.75, 3.05) is 19.6 Å². The van der Waals surface area contributed by atoms with Gasteiger partial charge in [-0.1, -0.05) is 26.0 Å². The first-order valence-electron chi connectivity index (χ1n) is 9.29. The van der Waals surface area contributed by atoms with Gasteiger partial charge in [-0.15, -0.1) is 0 Å². The number of nitrogens with zero attached hydrogens (tertiary/aromatic N) is 2. The van der Waals surface area contributed by atoms with Gasteiger partial charge in [0.15, 0.2) is 0 Å². The van der Waals surface area contributed by atoms with Crippen LogP contribution in [0.5, 0.6) is 0 Å². The summed E-state index contributed by atoms with van der Waals surface area (Å²) in [7, 11) is -3.72. The number of hydrogen-bond acceptors (Lipinski definition) is 4. The van der Waals surface area contributed by atoms with Crippen LogP contribution in [0.3, 0.4) is 0 Å². The maximum Gasteiger partial charge on any atom is 0.245 e. The number of hydrogen-bond donors (Lipinski definition) is 1. The Kier molecular flexibility index (Phi) is 5.31. The second-order valence-electron chi connectivity index (χ2n) is 7.87. The standard InChI is InChI=1S/C19H27N3O4S/c1-12(2)9-15-19(24)22-8-7-21(11-16(22)18(23)20-15)27(25,26)17-10-13(3)5-6-14(17)4/h5-6,10,12,15-16H,7-9,11H2,1-4H3,(H,20,23)/t15-,16-/m1/s1. The minimum absolute atomic E-state index is 0.0122. The number of aryl methyl sites for hydroxylation is 2. The van der Waals surface area contributed by atoms with Crippen molar-refractivity contribution >= 4 is 21.8 Å². The summed E-state index contributed by atoms with van der Waals surface area (Å²) >= 11 is 0. The van der Waals surface area contributed by atoms with E-state index in [4.69, 9.17) is 0 Å². The lowest BCUT2D eigenvalue weighted by atomic mass is 9.97. The molecule has 0 bridgehead atoms. The average molecular weight is 394 g/mol. The van der Waals surface area contributed by atoms with Gasteiger partial charge in [-0.2, -0.15) is 4.31 Å². The minimum atomic E-state index is -3.72. The molecule has 0 radical (unpaired) electrons. The first kappa shape index (κ1) is 19.8. The van der Waals surface area contributed by atoms with E-state index in [0.29, 0.717) is 12.0 Å². The molecule has 2 atom stereocenters. The van der Waals surface area contributed by atoms with Crippen LogP contribution in [0.1, 0.15) is 31.4 Å². The van der Waals surface area contributed by atoms with Crippen LogP contribution in [0.4, 0.5) is 0 Å². The summed E-state index contributed by atoms with van der Waals surface area (Å²) in [5, 5.41) is 2.78. The molecule has 2 heterocycles. The summed E-state index contributed by atoms with van der Waals surface area (Å²) in [5.41, 5.74) is 1.53. The Morgan fingerprint density at radius 2 is 1.89 bits per heavy atom. The van der Waals surface area contributed by atoms with E-state index >= 15 is 0 Å². The molecule has 148 valence electrons. The van der Waals surface area contributed by atoms with Gasteiger partial charge in [-0.25, -0.2) is 8.42 Å². The Morgan fingerprint density at radius 1 is 1.19 bits per heavy atom. The quantitative estimate of drug-likeness (QED) is 0.828. The summed E-state index contributed by atoms with van der Waals surface area (Å²) < 4.78 is 27.6. The van der Waals surface area contributed by atoms with Crippen molar-refractivity contribution in [3.8, 4) is 0 Å². The number of rotatable bonds is 4. The Bertz CT molecular complexity index is 866. The van der Waals surface area contributed by atoms with Crippen molar-refractivity contribution in [3.63, 3.8) is 0 Å². The van der Waals surface area contributed by atoms with Crippen molar-refractivity contribution in [2.24, 2.45) is 5.92 Å². The zero-order valence-corrected chi connectivity index (χ0v) is 17.0. The van der Waals surface area contributed by atoms with Gasteiger partial charge in [-0.3, -0.25) is 9.59 Å². The molecule has 1 aromatic carbocycles. The zero-order chi connectivity index (χ0) is 19.9. The molecule has 1 aromatic rings. The van der Waals surface area contributed by atoms with Crippen molar-refractivity contribution < 1.29 is 18.0 Å². The smallest absolute Gasteiger partial charge is 0.245 e. The molecule has 2 fully saturated rings. The Morgan fingerprint density at radius 3 is 2.56 bits per heavy atom. The van der Waals surface area contributed by atoms with Gasteiger partial charge in [-0.05, 0) is 43.4 Å². The van der Waals surface area contributed by atoms with Crippen molar-refractivity contribution in [1.82, 2.24) is 14.5 Å². The molecular weight excluding hydrogens is 366 g/mol. The van der Waals surface area contributed by atoms with Crippen LogP contribution in [-0.4, -0.2) is 61.2 Å². The number of benzene rings is 1. The van der Waals surface area contributed by atoms with Crippen LogP contribution in [0.2, 0.25) is 0 Å². The summed E-state index contributed by atoms with van der Waals surface area (Å²) in [6.07, 6.45) is 0.582. The predicted molar refractivity (Wildman–Crippen MR) is 102 cm³/mol. The van der Waals surface area contributed by atoms with E-state index < -0.39 is 22.1 Å². The van der Waals surface area contributed by atoms with Crippen molar-refractivity contribution in [1.29, 1.82) is 0 Å². The molecule has 3 rings (SSSR count). The molecule has 0 aromatic heterocycles. The highest BCUT2D eigenvalue weighted by Crippen LogP contribution is 2.26. The third kappa shape index (κ3) is 3.73. The number of fused-ring (bicyclic) bond motifs is 1. The maximum atomic E-state index is 13.1. The highest BCUT2D eigenvalue weighted by atomic mass is 32.2. The maximum absolute atomic E-state index is 13.1. The summed E-state index contributed by atoms with van der Waals surface area (Å²) in [6.45, 7) is 8.02. The highest BCUT2D eigenvalue weighted by molar-refractivity contribution is 7.89. The predicted octanol–water partition coefficient (Wildman–Crippen LogP) is 1.05. The van der Waals surface area contributed by atoms with E-state index in [1.807, 2.05) is 26.8 Å². The lowest BCUT2D eigenvalue weighted by Gasteiger charge is -2.45. The molecular formula is C19H27N3O4S. The van der Waals surface area contributed by atoms with Gasteiger partial charge in [0.1, 0.15) is 12.1 Å². The average Bonchev–Trinajstić information content (AvgIpc) is 2.60. The van der Waals surface area contributed by atoms with Crippen LogP contribution in [-0.2, 0) is 19.6 Å². The number of piperazine rings is 2. The Hall–Kier alpha value is -1.93. The largest absolute Gasteiger partial charge is 0.342 e. The molecule has 0 aliphatic carbocycles. The van der Waals surface area contributed by atoms with Gasteiger partial charge in [0, 0.05) is 19.6 Å². The molecule has 7 nitrogen and oxygen atoms in total. The molecule has 2 aliphatic rings. The first-order valence-corrected chi connectivity index (χ1v) is 10.7. The molecule has 2 aliphatic heterocycles. The third-order valence-corrected chi connectivity index (χ3v) is 7.22. The number of nitrogens with one attached hydrogen (secondary N) is 1. The normalized spacial score (nSPS) is 24.1. The van der Waals surface area contributed by atoms with E-state index in [-0.39, 0.29) is 42.3 Å². The summed E-state index contributed by atoms with van der Waals surface area (Å²) in [4.78, 5) is 27.1. The van der Waals surface area contributed by atoms with Gasteiger partial charge >= 0.3 is 0 Å². The number of sulfonamides is 1. The van der Waals surface area contributed by atoms with Crippen LogP contribution >= 0.6 is 0 Å². The van der Waals surface area contributed by atoms with Crippen LogP contribution in [0.25, 0.3) is 0 Å². The monoisotopic (exact) mass is 393 g/mol. The molecule has 2 saturated heterocycles. The number of amides is 2. The number of carbonyl (C=O) groups is 2. The van der Waals surface area contributed by atoms with E-state index in [1.54, 1.807) is 24.0 Å². The molecule has 0 unspecified atom stereocenters. The lowest BCUT2D eigenvalue weighted by molar-refractivity contribution is -0.152. The minimum Gasteiger partial charge on any atom is -0.342 e.